The molecule has 8 N–H and O–H groups in total. The van der Waals surface area contributed by atoms with Gasteiger partial charge in [0.1, 0.15) is 48.5 Å². The summed E-state index contributed by atoms with van der Waals surface area (Å²) in [5.74, 6) is -5.05. The first-order valence-corrected chi connectivity index (χ1v) is 11.3. The Morgan fingerprint density at radius 1 is 1.18 bits per heavy atom. The number of hydrogen-bond acceptors (Lipinski definition) is 14. The number of benzene rings is 1. The van der Waals surface area contributed by atoms with Crippen molar-refractivity contribution in [1.82, 2.24) is 0 Å². The van der Waals surface area contributed by atoms with Crippen LogP contribution in [0.4, 0.5) is 10.1 Å². The first kappa shape index (κ1) is 30.0. The molecule has 0 unspecified atom stereocenters. The van der Waals surface area contributed by atoms with Crippen LogP contribution in [0.1, 0.15) is 6.42 Å². The quantitative estimate of drug-likeness (QED) is 0.105. The van der Waals surface area contributed by atoms with Gasteiger partial charge >= 0.3 is 5.97 Å². The molecule has 17 heteroatoms. The highest BCUT2D eigenvalue weighted by Gasteiger charge is 2.59. The molecule has 38 heavy (non-hydrogen) atoms. The highest BCUT2D eigenvalue weighted by molar-refractivity contribution is 5.76. The van der Waals surface area contributed by atoms with Gasteiger partial charge in [-0.25, -0.2) is 9.18 Å². The molecule has 2 aliphatic heterocycles. The lowest BCUT2D eigenvalue weighted by Crippen LogP contribution is -2.68. The van der Waals surface area contributed by atoms with Crippen molar-refractivity contribution >= 4 is 11.7 Å². The smallest absolute Gasteiger partial charge is 0.364 e. The number of alkyl halides is 1. The average Bonchev–Trinajstić information content (AvgIpc) is 2.89. The number of aliphatic carboxylic acids is 1. The second-order valence-corrected chi connectivity index (χ2v) is 8.75. The highest BCUT2D eigenvalue weighted by Crippen LogP contribution is 2.38. The van der Waals surface area contributed by atoms with E-state index in [4.69, 9.17) is 24.1 Å². The zero-order valence-electron chi connectivity index (χ0n) is 19.5. The van der Waals surface area contributed by atoms with Crippen LogP contribution in [0.25, 0.3) is 0 Å². The Bertz CT molecular complexity index is 968. The van der Waals surface area contributed by atoms with Crippen molar-refractivity contribution in [2.75, 3.05) is 13.2 Å². The lowest BCUT2D eigenvalue weighted by atomic mass is 9.91. The largest absolute Gasteiger partial charge is 0.477 e. The Balaban J connectivity index is 1.89. The number of nitro benzene ring substituents is 1. The summed E-state index contributed by atoms with van der Waals surface area (Å²) in [5, 5.41) is 90.9. The van der Waals surface area contributed by atoms with Gasteiger partial charge < -0.3 is 59.8 Å². The predicted octanol–water partition coefficient (Wildman–Crippen LogP) is -3.22. The van der Waals surface area contributed by atoms with Crippen molar-refractivity contribution in [3.63, 3.8) is 0 Å². The lowest BCUT2D eigenvalue weighted by Gasteiger charge is -2.48. The fourth-order valence-electron chi connectivity index (χ4n) is 4.08. The summed E-state index contributed by atoms with van der Waals surface area (Å²) in [5.41, 5.74) is -0.280. The summed E-state index contributed by atoms with van der Waals surface area (Å²) in [7, 11) is 0. The molecule has 2 fully saturated rings. The monoisotopic (exact) mass is 553 g/mol. The van der Waals surface area contributed by atoms with Gasteiger partial charge in [0.2, 0.25) is 6.29 Å². The van der Waals surface area contributed by atoms with Gasteiger partial charge in [0, 0.05) is 18.6 Å². The van der Waals surface area contributed by atoms with E-state index in [0.29, 0.717) is 0 Å². The van der Waals surface area contributed by atoms with Crippen LogP contribution in [0.2, 0.25) is 0 Å². The molecule has 0 amide bonds. The summed E-state index contributed by atoms with van der Waals surface area (Å²) < 4.78 is 36.0. The first-order valence-electron chi connectivity index (χ1n) is 11.3. The Hall–Kier alpha value is -2.58. The molecule has 1 aromatic rings. The molecule has 2 saturated heterocycles. The van der Waals surface area contributed by atoms with Crippen LogP contribution >= 0.6 is 0 Å². The van der Waals surface area contributed by atoms with Crippen LogP contribution in [0, 0.1) is 10.1 Å². The van der Waals surface area contributed by atoms with Gasteiger partial charge in [0.25, 0.3) is 11.5 Å². The molecule has 0 spiro atoms. The lowest BCUT2D eigenvalue weighted by molar-refractivity contribution is -0.384. The van der Waals surface area contributed by atoms with Crippen LogP contribution in [0.15, 0.2) is 24.3 Å². The van der Waals surface area contributed by atoms with Crippen molar-refractivity contribution in [3.8, 4) is 5.75 Å². The standard InChI is InChI=1S/C21H28FNO15/c22-13-10(26)5-21(20(31)32,37-17(13)14(28)11(27)6-24)38-18-15(29)12(7-25)36-19(16(18)30)35-9-3-1-8(2-4-9)23(33)34/h1-4,10-19,24-30H,5-7H2,(H,31,32)/t10-,11+,12+,13+,14+,15-,16+,17+,18-,19+,21-/m0/s1. The molecule has 0 bridgehead atoms. The number of ether oxygens (including phenoxy) is 4. The van der Waals surface area contributed by atoms with Gasteiger partial charge in [0.05, 0.1) is 24.2 Å². The first-order chi connectivity index (χ1) is 17.8. The minimum absolute atomic E-state index is 0.0646. The van der Waals surface area contributed by atoms with E-state index in [2.05, 4.69) is 0 Å². The van der Waals surface area contributed by atoms with E-state index >= 15 is 0 Å². The molecular weight excluding hydrogens is 525 g/mol. The number of carboxylic acid groups (broad SMARTS) is 1. The molecule has 0 aromatic heterocycles. The Kier molecular flexibility index (Phi) is 9.52. The number of nitro groups is 1. The number of rotatable bonds is 10. The maximum Gasteiger partial charge on any atom is 0.364 e. The van der Waals surface area contributed by atoms with Crippen molar-refractivity contribution in [2.24, 2.45) is 0 Å². The van der Waals surface area contributed by atoms with Gasteiger partial charge in [-0.3, -0.25) is 10.1 Å². The van der Waals surface area contributed by atoms with E-state index in [1.165, 1.54) is 0 Å². The van der Waals surface area contributed by atoms with E-state index in [1.807, 2.05) is 0 Å². The van der Waals surface area contributed by atoms with Crippen molar-refractivity contribution < 1.29 is 73.9 Å². The molecule has 214 valence electrons. The highest BCUT2D eigenvalue weighted by atomic mass is 19.1. The molecule has 3 rings (SSSR count). The maximum absolute atomic E-state index is 14.6. The van der Waals surface area contributed by atoms with Crippen LogP contribution in [0.5, 0.6) is 5.75 Å². The Morgan fingerprint density at radius 3 is 2.34 bits per heavy atom. The van der Waals surface area contributed by atoms with E-state index in [0.717, 1.165) is 24.3 Å². The summed E-state index contributed by atoms with van der Waals surface area (Å²) in [6, 6.07) is 4.46. The molecule has 2 aliphatic rings. The third kappa shape index (κ3) is 6.01. The third-order valence-corrected chi connectivity index (χ3v) is 6.18. The van der Waals surface area contributed by atoms with E-state index in [1.54, 1.807) is 0 Å². The molecule has 1 aromatic carbocycles. The second-order valence-electron chi connectivity index (χ2n) is 8.75. The maximum atomic E-state index is 14.6. The molecule has 2 heterocycles. The number of non-ortho nitro benzene ring substituents is 1. The van der Waals surface area contributed by atoms with Crippen molar-refractivity contribution in [2.45, 2.75) is 73.5 Å². The topological polar surface area (TPSA) is 259 Å². The second kappa shape index (κ2) is 12.1. The van der Waals surface area contributed by atoms with Crippen LogP contribution in [0.3, 0.4) is 0 Å². The van der Waals surface area contributed by atoms with Gasteiger partial charge in [-0.1, -0.05) is 0 Å². The van der Waals surface area contributed by atoms with Crippen LogP contribution in [-0.4, -0.2) is 132 Å². The molecular formula is C21H28FNO15. The van der Waals surface area contributed by atoms with Crippen LogP contribution < -0.4 is 4.74 Å². The minimum Gasteiger partial charge on any atom is -0.477 e. The normalized spacial score (nSPS) is 37.3. The minimum atomic E-state index is -3.01. The Labute approximate surface area is 213 Å². The summed E-state index contributed by atoms with van der Waals surface area (Å²) in [6.45, 7) is -1.95. The fraction of sp³-hybridized carbons (Fsp3) is 0.667. The summed E-state index contributed by atoms with van der Waals surface area (Å²) in [6.07, 6.45) is -21.3. The summed E-state index contributed by atoms with van der Waals surface area (Å²) in [4.78, 5) is 22.4. The van der Waals surface area contributed by atoms with E-state index in [-0.39, 0.29) is 11.4 Å². The number of carbonyl (C=O) groups is 1. The van der Waals surface area contributed by atoms with Gasteiger partial charge in [-0.2, -0.15) is 0 Å². The molecule has 0 saturated carbocycles. The third-order valence-electron chi connectivity index (χ3n) is 6.18. The van der Waals surface area contributed by atoms with Gasteiger partial charge in [-0.15, -0.1) is 0 Å². The van der Waals surface area contributed by atoms with E-state index in [9.17, 15) is 55.0 Å². The zero-order chi connectivity index (χ0) is 28.4. The summed E-state index contributed by atoms with van der Waals surface area (Å²) >= 11 is 0. The number of aliphatic hydroxyl groups excluding tert-OH is 7. The fourth-order valence-corrected chi connectivity index (χ4v) is 4.08. The molecule has 0 radical (unpaired) electrons. The SMILES string of the molecule is O=C(O)[C@@]1(O[C@H]2[C@@H](O)[C@@H](CO)O[C@@H](Oc3ccc([N+](=O)[O-])cc3)[C@@H]2O)C[C@H](O)[C@@H](F)[C@H]([C@H](O)[C@H](O)CO)O1. The molecule has 0 aliphatic carbocycles. The van der Waals surface area contributed by atoms with Crippen LogP contribution in [-0.2, 0) is 19.0 Å². The number of nitrogens with zero attached hydrogens (tertiary/aromatic N) is 1. The van der Waals surface area contributed by atoms with Crippen molar-refractivity contribution in [1.29, 1.82) is 0 Å². The van der Waals surface area contributed by atoms with Crippen molar-refractivity contribution in [3.05, 3.63) is 34.4 Å². The number of halogens is 1. The molecule has 16 nitrogen and oxygen atoms in total. The van der Waals surface area contributed by atoms with Gasteiger partial charge in [-0.05, 0) is 12.1 Å². The van der Waals surface area contributed by atoms with Gasteiger partial charge in [0.15, 0.2) is 6.17 Å². The zero-order valence-corrected chi connectivity index (χ0v) is 19.5. The van der Waals surface area contributed by atoms with E-state index < -0.39 is 97.6 Å². The number of carboxylic acids is 1. The average molecular weight is 553 g/mol. The number of aliphatic hydroxyl groups is 7. The predicted molar refractivity (Wildman–Crippen MR) is 116 cm³/mol. The molecule has 11 atom stereocenters. The Morgan fingerprint density at radius 2 is 1.82 bits per heavy atom. The number of hydrogen-bond donors (Lipinski definition) is 8.